The van der Waals surface area contributed by atoms with Crippen LogP contribution in [-0.2, 0) is 0 Å². The van der Waals surface area contributed by atoms with E-state index in [4.69, 9.17) is 0 Å². The van der Waals surface area contributed by atoms with Crippen LogP contribution in [0.2, 0.25) is 0 Å². The molecule has 12 heavy (non-hydrogen) atoms. The maximum absolute atomic E-state index is 13.2. The minimum atomic E-state index is -2.49. The summed E-state index contributed by atoms with van der Waals surface area (Å²) >= 11 is 0. The lowest BCUT2D eigenvalue weighted by Gasteiger charge is -2.33. The Morgan fingerprint density at radius 2 is 2.17 bits per heavy atom. The van der Waals surface area contributed by atoms with Crippen LogP contribution in [0, 0.1) is 11.8 Å². The summed E-state index contributed by atoms with van der Waals surface area (Å²) < 4.78 is 26.5. The van der Waals surface area contributed by atoms with E-state index in [1.54, 1.807) is 0 Å². The zero-order chi connectivity index (χ0) is 8.77. The van der Waals surface area contributed by atoms with E-state index in [9.17, 15) is 8.78 Å². The summed E-state index contributed by atoms with van der Waals surface area (Å²) in [5.74, 6) is -2.75. The van der Waals surface area contributed by atoms with Crippen molar-refractivity contribution in [3.63, 3.8) is 0 Å². The molecule has 0 aromatic heterocycles. The van der Waals surface area contributed by atoms with E-state index in [0.717, 1.165) is 13.1 Å². The largest absolute Gasteiger partial charge is 0.311 e. The van der Waals surface area contributed by atoms with Crippen LogP contribution in [0.5, 0.6) is 0 Å². The van der Waals surface area contributed by atoms with Gasteiger partial charge in [0.05, 0.1) is 6.54 Å². The van der Waals surface area contributed by atoms with Crippen molar-refractivity contribution >= 4 is 0 Å². The van der Waals surface area contributed by atoms with Crippen LogP contribution in [0.3, 0.4) is 0 Å². The molecule has 0 spiro atoms. The van der Waals surface area contributed by atoms with Crippen LogP contribution in [0.4, 0.5) is 8.78 Å². The Morgan fingerprint density at radius 3 is 2.83 bits per heavy atom. The minimum absolute atomic E-state index is 0.137. The summed E-state index contributed by atoms with van der Waals surface area (Å²) in [5.41, 5.74) is 0. The fourth-order valence-corrected chi connectivity index (χ4v) is 2.33. The molecule has 2 nitrogen and oxygen atoms in total. The van der Waals surface area contributed by atoms with Crippen molar-refractivity contribution in [1.82, 2.24) is 10.2 Å². The second-order valence-electron chi connectivity index (χ2n) is 3.98. The molecule has 2 aliphatic heterocycles. The van der Waals surface area contributed by atoms with E-state index in [2.05, 4.69) is 5.32 Å². The summed E-state index contributed by atoms with van der Waals surface area (Å²) in [6, 6.07) is 0. The van der Waals surface area contributed by atoms with Crippen molar-refractivity contribution in [1.29, 1.82) is 0 Å². The molecule has 0 aromatic carbocycles. The zero-order valence-corrected chi connectivity index (χ0v) is 7.19. The van der Waals surface area contributed by atoms with Gasteiger partial charge in [-0.25, -0.2) is 8.78 Å². The van der Waals surface area contributed by atoms with Gasteiger partial charge in [-0.2, -0.15) is 0 Å². The monoisotopic (exact) mass is 176 g/mol. The molecule has 0 aliphatic carbocycles. The molecule has 2 fully saturated rings. The smallest absolute Gasteiger partial charge is 0.264 e. The van der Waals surface area contributed by atoms with Crippen molar-refractivity contribution < 1.29 is 8.78 Å². The molecule has 1 N–H and O–H groups in total. The summed E-state index contributed by atoms with van der Waals surface area (Å²) in [6.45, 7) is 1.99. The van der Waals surface area contributed by atoms with Gasteiger partial charge in [0, 0.05) is 19.0 Å². The Hall–Kier alpha value is -0.220. The van der Waals surface area contributed by atoms with Gasteiger partial charge in [0.25, 0.3) is 5.92 Å². The molecular formula is C8H14F2N2. The Balaban J connectivity index is 2.13. The van der Waals surface area contributed by atoms with Gasteiger partial charge in [-0.05, 0) is 19.5 Å². The highest BCUT2D eigenvalue weighted by Gasteiger charge is 2.50. The molecule has 4 heteroatoms. The first-order valence-electron chi connectivity index (χ1n) is 4.37. The third-order valence-electron chi connectivity index (χ3n) is 2.93. The SMILES string of the molecule is CN1CC2CNCC(F)(F)C2C1. The molecule has 0 amide bonds. The second-order valence-corrected chi connectivity index (χ2v) is 3.98. The van der Waals surface area contributed by atoms with Crippen molar-refractivity contribution in [2.75, 3.05) is 33.2 Å². The highest BCUT2D eigenvalue weighted by Crippen LogP contribution is 2.37. The van der Waals surface area contributed by atoms with E-state index < -0.39 is 11.8 Å². The van der Waals surface area contributed by atoms with Crippen LogP contribution < -0.4 is 5.32 Å². The quantitative estimate of drug-likeness (QED) is 0.575. The number of piperidine rings is 1. The van der Waals surface area contributed by atoms with Gasteiger partial charge in [0.2, 0.25) is 0 Å². The van der Waals surface area contributed by atoms with Crippen molar-refractivity contribution in [2.24, 2.45) is 11.8 Å². The molecule has 2 unspecified atom stereocenters. The van der Waals surface area contributed by atoms with Crippen molar-refractivity contribution in [2.45, 2.75) is 5.92 Å². The van der Waals surface area contributed by atoms with Crippen LogP contribution >= 0.6 is 0 Å². The van der Waals surface area contributed by atoms with Gasteiger partial charge < -0.3 is 10.2 Å². The van der Waals surface area contributed by atoms with Crippen LogP contribution in [0.15, 0.2) is 0 Å². The van der Waals surface area contributed by atoms with Gasteiger partial charge >= 0.3 is 0 Å². The third-order valence-corrected chi connectivity index (χ3v) is 2.93. The average molecular weight is 176 g/mol. The van der Waals surface area contributed by atoms with Crippen LogP contribution in [-0.4, -0.2) is 44.0 Å². The Bertz CT molecular complexity index is 184. The predicted molar refractivity (Wildman–Crippen MR) is 42.3 cm³/mol. The number of nitrogens with zero attached hydrogens (tertiary/aromatic N) is 1. The molecule has 0 radical (unpaired) electrons. The molecule has 2 saturated heterocycles. The summed E-state index contributed by atoms with van der Waals surface area (Å²) in [5, 5.41) is 2.79. The summed E-state index contributed by atoms with van der Waals surface area (Å²) in [4.78, 5) is 2.00. The van der Waals surface area contributed by atoms with E-state index in [-0.39, 0.29) is 12.5 Å². The minimum Gasteiger partial charge on any atom is -0.311 e. The molecule has 2 atom stereocenters. The molecule has 0 bridgehead atoms. The highest BCUT2D eigenvalue weighted by atomic mass is 19.3. The Labute approximate surface area is 70.9 Å². The second kappa shape index (κ2) is 2.64. The number of likely N-dealkylation sites (tertiary alicyclic amines) is 1. The van der Waals surface area contributed by atoms with Crippen molar-refractivity contribution in [3.8, 4) is 0 Å². The number of alkyl halides is 2. The molecule has 0 aromatic rings. The zero-order valence-electron chi connectivity index (χ0n) is 7.19. The fraction of sp³-hybridized carbons (Fsp3) is 1.00. The number of hydrogen-bond donors (Lipinski definition) is 1. The summed E-state index contributed by atoms with van der Waals surface area (Å²) in [6.07, 6.45) is 0. The lowest BCUT2D eigenvalue weighted by Crippen LogP contribution is -2.50. The van der Waals surface area contributed by atoms with Gasteiger partial charge in [0.15, 0.2) is 0 Å². The van der Waals surface area contributed by atoms with E-state index in [0.29, 0.717) is 6.54 Å². The van der Waals surface area contributed by atoms with Gasteiger partial charge in [-0.15, -0.1) is 0 Å². The maximum atomic E-state index is 13.2. The normalized spacial score (nSPS) is 41.2. The number of halogens is 2. The van der Waals surface area contributed by atoms with E-state index in [1.165, 1.54) is 0 Å². The fourth-order valence-electron chi connectivity index (χ4n) is 2.33. The average Bonchev–Trinajstić information content (AvgIpc) is 2.30. The first kappa shape index (κ1) is 8.38. The molecular weight excluding hydrogens is 162 g/mol. The Morgan fingerprint density at radius 1 is 1.42 bits per heavy atom. The van der Waals surface area contributed by atoms with Crippen LogP contribution in [0.25, 0.3) is 0 Å². The predicted octanol–water partition coefficient (Wildman–Crippen LogP) is 0.403. The number of nitrogens with one attached hydrogen (secondary N) is 1. The number of fused-ring (bicyclic) bond motifs is 1. The Kier molecular flexibility index (Phi) is 1.84. The maximum Gasteiger partial charge on any atom is 0.264 e. The highest BCUT2D eigenvalue weighted by molar-refractivity contribution is 4.96. The van der Waals surface area contributed by atoms with Gasteiger partial charge in [-0.1, -0.05) is 0 Å². The van der Waals surface area contributed by atoms with Crippen molar-refractivity contribution in [3.05, 3.63) is 0 Å². The standard InChI is InChI=1S/C8H14F2N2/c1-12-3-6-2-11-5-8(9,10)7(6)4-12/h6-7,11H,2-5H2,1H3. The van der Waals surface area contributed by atoms with Gasteiger partial charge in [-0.3, -0.25) is 0 Å². The van der Waals surface area contributed by atoms with E-state index in [1.807, 2.05) is 11.9 Å². The lowest BCUT2D eigenvalue weighted by molar-refractivity contribution is -0.0817. The molecule has 2 heterocycles. The molecule has 0 saturated carbocycles. The molecule has 2 rings (SSSR count). The van der Waals surface area contributed by atoms with Gasteiger partial charge in [0.1, 0.15) is 0 Å². The number of hydrogen-bond acceptors (Lipinski definition) is 2. The third kappa shape index (κ3) is 1.23. The first-order chi connectivity index (χ1) is 5.59. The topological polar surface area (TPSA) is 15.3 Å². The van der Waals surface area contributed by atoms with E-state index >= 15 is 0 Å². The first-order valence-corrected chi connectivity index (χ1v) is 4.37. The summed E-state index contributed by atoms with van der Waals surface area (Å²) in [7, 11) is 1.91. The molecule has 70 valence electrons. The molecule has 2 aliphatic rings. The lowest BCUT2D eigenvalue weighted by atomic mass is 9.87. The van der Waals surface area contributed by atoms with Crippen LogP contribution in [0.1, 0.15) is 0 Å². The number of rotatable bonds is 0.